The zero-order valence-electron chi connectivity index (χ0n) is 8.99. The van der Waals surface area contributed by atoms with Gasteiger partial charge in [-0.15, -0.1) is 0 Å². The fraction of sp³-hybridized carbons (Fsp3) is 0.800. The average Bonchev–Trinajstić information content (AvgIpc) is 2.19. The van der Waals surface area contributed by atoms with Crippen molar-refractivity contribution in [1.29, 1.82) is 0 Å². The van der Waals surface area contributed by atoms with E-state index in [1.54, 1.807) is 6.92 Å². The summed E-state index contributed by atoms with van der Waals surface area (Å²) in [5, 5.41) is 3.17. The van der Waals surface area contributed by atoms with Crippen molar-refractivity contribution in [2.75, 3.05) is 13.1 Å². The van der Waals surface area contributed by atoms with Crippen molar-refractivity contribution < 1.29 is 14.3 Å². The van der Waals surface area contributed by atoms with Crippen LogP contribution in [0, 0.1) is 5.92 Å². The zero-order valence-corrected chi connectivity index (χ0v) is 8.99. The summed E-state index contributed by atoms with van der Waals surface area (Å²) in [7, 11) is 0. The molecular weight excluding hydrogens is 196 g/mol. The molecule has 0 aromatic carbocycles. The summed E-state index contributed by atoms with van der Waals surface area (Å²) in [5.41, 5.74) is 5.10. The molecule has 0 radical (unpaired) electrons. The molecule has 5 heteroatoms. The van der Waals surface area contributed by atoms with Crippen molar-refractivity contribution in [2.24, 2.45) is 11.7 Å². The van der Waals surface area contributed by atoms with Gasteiger partial charge in [0.25, 0.3) is 0 Å². The van der Waals surface area contributed by atoms with Crippen LogP contribution < -0.4 is 11.1 Å². The lowest BCUT2D eigenvalue weighted by Crippen LogP contribution is -2.38. The molecule has 1 heterocycles. The molecule has 1 saturated heterocycles. The molecule has 1 unspecified atom stereocenters. The summed E-state index contributed by atoms with van der Waals surface area (Å²) in [6.45, 7) is 3.45. The number of primary amides is 1. The normalized spacial score (nSPS) is 19.5. The molecule has 0 bridgehead atoms. The number of piperidine rings is 1. The zero-order chi connectivity index (χ0) is 11.3. The highest BCUT2D eigenvalue weighted by Crippen LogP contribution is 2.12. The van der Waals surface area contributed by atoms with Crippen LogP contribution in [0.1, 0.15) is 26.2 Å². The van der Waals surface area contributed by atoms with Gasteiger partial charge in [-0.25, -0.2) is 0 Å². The smallest absolute Gasteiger partial charge is 0.318 e. The van der Waals surface area contributed by atoms with Crippen LogP contribution in [0.15, 0.2) is 0 Å². The van der Waals surface area contributed by atoms with Crippen molar-refractivity contribution in [1.82, 2.24) is 5.32 Å². The highest BCUT2D eigenvalue weighted by Gasteiger charge is 2.27. The first-order valence-corrected chi connectivity index (χ1v) is 5.35. The van der Waals surface area contributed by atoms with Gasteiger partial charge in [-0.3, -0.25) is 9.59 Å². The third kappa shape index (κ3) is 3.51. The first-order chi connectivity index (χ1) is 7.15. The van der Waals surface area contributed by atoms with Crippen molar-refractivity contribution in [3.05, 3.63) is 0 Å². The maximum absolute atomic E-state index is 11.5. The number of carbonyl (C=O) groups is 2. The number of carbonyl (C=O) groups excluding carboxylic acids is 2. The van der Waals surface area contributed by atoms with Crippen LogP contribution in [-0.4, -0.2) is 31.1 Å². The van der Waals surface area contributed by atoms with E-state index in [2.05, 4.69) is 5.32 Å². The van der Waals surface area contributed by atoms with Gasteiger partial charge in [-0.1, -0.05) is 6.92 Å². The van der Waals surface area contributed by atoms with Gasteiger partial charge in [-0.05, 0) is 32.4 Å². The van der Waals surface area contributed by atoms with E-state index in [-0.39, 0.29) is 6.10 Å². The SMILES string of the molecule is CCC(C(N)=O)C(=O)OC1CCNCC1. The summed E-state index contributed by atoms with van der Waals surface area (Å²) in [6, 6.07) is 0. The van der Waals surface area contributed by atoms with Crippen LogP contribution in [0.3, 0.4) is 0 Å². The quantitative estimate of drug-likeness (QED) is 0.501. The molecule has 0 aromatic rings. The van der Waals surface area contributed by atoms with Gasteiger partial charge in [0.05, 0.1) is 0 Å². The second-order valence-corrected chi connectivity index (χ2v) is 3.75. The Morgan fingerprint density at radius 2 is 2.07 bits per heavy atom. The number of nitrogens with one attached hydrogen (secondary N) is 1. The van der Waals surface area contributed by atoms with Crippen molar-refractivity contribution in [3.8, 4) is 0 Å². The van der Waals surface area contributed by atoms with E-state index in [1.165, 1.54) is 0 Å². The molecule has 0 aliphatic carbocycles. The van der Waals surface area contributed by atoms with Crippen molar-refractivity contribution in [3.63, 3.8) is 0 Å². The lowest BCUT2D eigenvalue weighted by molar-refractivity contribution is -0.157. The third-order valence-electron chi connectivity index (χ3n) is 2.61. The number of amides is 1. The Kier molecular flexibility index (Phi) is 4.55. The number of hydrogen-bond donors (Lipinski definition) is 2. The number of hydrogen-bond acceptors (Lipinski definition) is 4. The highest BCUT2D eigenvalue weighted by molar-refractivity contribution is 5.96. The molecule has 15 heavy (non-hydrogen) atoms. The Morgan fingerprint density at radius 3 is 2.53 bits per heavy atom. The fourth-order valence-electron chi connectivity index (χ4n) is 1.64. The van der Waals surface area contributed by atoms with Crippen LogP contribution in [0.25, 0.3) is 0 Å². The first-order valence-electron chi connectivity index (χ1n) is 5.35. The van der Waals surface area contributed by atoms with Gasteiger partial charge in [0.15, 0.2) is 0 Å². The van der Waals surface area contributed by atoms with Crippen molar-refractivity contribution >= 4 is 11.9 Å². The predicted octanol–water partition coefficient (Wildman–Crippen LogP) is -0.207. The van der Waals surface area contributed by atoms with Gasteiger partial charge in [0.2, 0.25) is 5.91 Å². The molecule has 86 valence electrons. The lowest BCUT2D eigenvalue weighted by atomic mass is 10.1. The Labute approximate surface area is 89.3 Å². The minimum absolute atomic E-state index is 0.0628. The second kappa shape index (κ2) is 5.70. The Morgan fingerprint density at radius 1 is 1.47 bits per heavy atom. The predicted molar refractivity (Wildman–Crippen MR) is 55.0 cm³/mol. The molecular formula is C10H18N2O3. The molecule has 1 aliphatic heterocycles. The second-order valence-electron chi connectivity index (χ2n) is 3.75. The Balaban J connectivity index is 2.42. The summed E-state index contributed by atoms with van der Waals surface area (Å²) in [5.74, 6) is -1.87. The maximum Gasteiger partial charge on any atom is 0.318 e. The van der Waals surface area contributed by atoms with Gasteiger partial charge < -0.3 is 15.8 Å². The van der Waals surface area contributed by atoms with Gasteiger partial charge in [0.1, 0.15) is 12.0 Å². The van der Waals surface area contributed by atoms with E-state index >= 15 is 0 Å². The van der Waals surface area contributed by atoms with E-state index in [4.69, 9.17) is 10.5 Å². The highest BCUT2D eigenvalue weighted by atomic mass is 16.5. The molecule has 1 rings (SSSR count). The van der Waals surface area contributed by atoms with E-state index in [1.807, 2.05) is 0 Å². The molecule has 1 atom stereocenters. The minimum Gasteiger partial charge on any atom is -0.462 e. The van der Waals surface area contributed by atoms with E-state index in [0.29, 0.717) is 6.42 Å². The molecule has 1 aliphatic rings. The average molecular weight is 214 g/mol. The van der Waals surface area contributed by atoms with E-state index in [0.717, 1.165) is 25.9 Å². The molecule has 0 spiro atoms. The number of nitrogens with two attached hydrogens (primary N) is 1. The van der Waals surface area contributed by atoms with Crippen LogP contribution in [-0.2, 0) is 14.3 Å². The summed E-state index contributed by atoms with van der Waals surface area (Å²) in [4.78, 5) is 22.5. The van der Waals surface area contributed by atoms with Crippen LogP contribution in [0.5, 0.6) is 0 Å². The molecule has 0 saturated carbocycles. The summed E-state index contributed by atoms with van der Waals surface area (Å²) in [6.07, 6.45) is 1.95. The molecule has 1 amide bonds. The van der Waals surface area contributed by atoms with Gasteiger partial charge >= 0.3 is 5.97 Å². The standard InChI is InChI=1S/C10H18N2O3/c1-2-8(9(11)13)10(14)15-7-3-5-12-6-4-7/h7-8,12H,2-6H2,1H3,(H2,11,13). The minimum atomic E-state index is -0.792. The Bertz CT molecular complexity index is 237. The van der Waals surface area contributed by atoms with Gasteiger partial charge in [0, 0.05) is 0 Å². The van der Waals surface area contributed by atoms with Crippen LogP contribution >= 0.6 is 0 Å². The van der Waals surface area contributed by atoms with Crippen LogP contribution in [0.4, 0.5) is 0 Å². The number of rotatable bonds is 4. The molecule has 5 nitrogen and oxygen atoms in total. The lowest BCUT2D eigenvalue weighted by Gasteiger charge is -2.24. The van der Waals surface area contributed by atoms with Gasteiger partial charge in [-0.2, -0.15) is 0 Å². The van der Waals surface area contributed by atoms with Crippen molar-refractivity contribution in [2.45, 2.75) is 32.3 Å². The molecule has 1 fully saturated rings. The topological polar surface area (TPSA) is 81.4 Å². The number of esters is 1. The van der Waals surface area contributed by atoms with Crippen LogP contribution in [0.2, 0.25) is 0 Å². The fourth-order valence-corrected chi connectivity index (χ4v) is 1.64. The van der Waals surface area contributed by atoms with E-state index in [9.17, 15) is 9.59 Å². The summed E-state index contributed by atoms with van der Waals surface area (Å²) < 4.78 is 5.23. The molecule has 3 N–H and O–H groups in total. The summed E-state index contributed by atoms with van der Waals surface area (Å²) >= 11 is 0. The monoisotopic (exact) mass is 214 g/mol. The molecule has 0 aromatic heterocycles. The first kappa shape index (κ1) is 12.0. The largest absolute Gasteiger partial charge is 0.462 e. The van der Waals surface area contributed by atoms with E-state index < -0.39 is 17.8 Å². The maximum atomic E-state index is 11.5. The third-order valence-corrected chi connectivity index (χ3v) is 2.61. The Hall–Kier alpha value is -1.10. The number of ether oxygens (including phenoxy) is 1.